The number of rotatable bonds is 5. The van der Waals surface area contributed by atoms with Crippen LogP contribution < -0.4 is 10.6 Å². The summed E-state index contributed by atoms with van der Waals surface area (Å²) in [7, 11) is 0. The van der Waals surface area contributed by atoms with E-state index in [9.17, 15) is 5.11 Å². The van der Waals surface area contributed by atoms with E-state index in [1.54, 1.807) is 6.21 Å². The van der Waals surface area contributed by atoms with E-state index in [2.05, 4.69) is 23.7 Å². The molecule has 1 aliphatic rings. The highest BCUT2D eigenvalue weighted by atomic mass is 16.3. The van der Waals surface area contributed by atoms with Gasteiger partial charge in [0.15, 0.2) is 0 Å². The zero-order valence-corrected chi connectivity index (χ0v) is 13.1. The quantitative estimate of drug-likeness (QED) is 0.819. The third kappa shape index (κ3) is 3.97. The highest BCUT2D eigenvalue weighted by Crippen LogP contribution is 2.24. The van der Waals surface area contributed by atoms with E-state index in [1.807, 2.05) is 18.2 Å². The number of anilines is 1. The second-order valence-corrected chi connectivity index (χ2v) is 5.71. The Labute approximate surface area is 127 Å². The van der Waals surface area contributed by atoms with Crippen molar-refractivity contribution < 1.29 is 5.11 Å². The van der Waals surface area contributed by atoms with E-state index in [0.717, 1.165) is 37.2 Å². The van der Waals surface area contributed by atoms with Crippen LogP contribution in [-0.2, 0) is 0 Å². The summed E-state index contributed by atoms with van der Waals surface area (Å²) in [6.45, 7) is 6.08. The third-order valence-electron chi connectivity index (χ3n) is 4.33. The van der Waals surface area contributed by atoms with Gasteiger partial charge >= 0.3 is 0 Å². The number of hydrogen-bond donors (Lipinski definition) is 2. The molecule has 0 aromatic heterocycles. The lowest BCUT2D eigenvalue weighted by Crippen LogP contribution is -2.36. The maximum Gasteiger partial charge on any atom is 0.126 e. The molecule has 0 amide bonds. The van der Waals surface area contributed by atoms with Crippen molar-refractivity contribution in [3.05, 3.63) is 23.8 Å². The minimum atomic E-state index is 0.159. The lowest BCUT2D eigenvalue weighted by molar-refractivity contribution is 0.387. The van der Waals surface area contributed by atoms with Crippen LogP contribution in [0.15, 0.2) is 23.2 Å². The van der Waals surface area contributed by atoms with E-state index in [1.165, 1.54) is 12.8 Å². The maximum absolute atomic E-state index is 10.2. The molecule has 0 saturated heterocycles. The molecular weight excluding hydrogens is 262 g/mol. The normalized spacial score (nSPS) is 22.6. The first kappa shape index (κ1) is 15.8. The van der Waals surface area contributed by atoms with Crippen molar-refractivity contribution in [2.45, 2.75) is 51.6 Å². The van der Waals surface area contributed by atoms with Crippen LogP contribution in [0.25, 0.3) is 0 Å². The smallest absolute Gasteiger partial charge is 0.126 e. The van der Waals surface area contributed by atoms with E-state index in [4.69, 9.17) is 5.73 Å². The van der Waals surface area contributed by atoms with Crippen molar-refractivity contribution in [1.29, 1.82) is 0 Å². The summed E-state index contributed by atoms with van der Waals surface area (Å²) >= 11 is 0. The van der Waals surface area contributed by atoms with E-state index in [-0.39, 0.29) is 17.8 Å². The van der Waals surface area contributed by atoms with Crippen LogP contribution in [0.3, 0.4) is 0 Å². The molecule has 2 rings (SSSR count). The minimum absolute atomic E-state index is 0.159. The summed E-state index contributed by atoms with van der Waals surface area (Å²) in [5.74, 6) is 0.285. The second-order valence-electron chi connectivity index (χ2n) is 5.71. The molecule has 1 unspecified atom stereocenters. The summed E-state index contributed by atoms with van der Waals surface area (Å²) in [5.41, 5.74) is 7.91. The fourth-order valence-corrected chi connectivity index (χ4v) is 2.93. The minimum Gasteiger partial charge on any atom is -0.507 e. The van der Waals surface area contributed by atoms with Crippen LogP contribution in [0.5, 0.6) is 5.75 Å². The molecule has 1 saturated carbocycles. The Morgan fingerprint density at radius 2 is 2.00 bits per heavy atom. The average Bonchev–Trinajstić information content (AvgIpc) is 2.49. The largest absolute Gasteiger partial charge is 0.507 e. The van der Waals surface area contributed by atoms with Crippen molar-refractivity contribution >= 4 is 11.9 Å². The number of aliphatic imine (C=N–C) groups is 1. The van der Waals surface area contributed by atoms with Crippen molar-refractivity contribution in [1.82, 2.24) is 0 Å². The first-order valence-electron chi connectivity index (χ1n) is 8.02. The fourth-order valence-electron chi connectivity index (χ4n) is 2.93. The molecular formula is C17H27N3O. The van der Waals surface area contributed by atoms with Gasteiger partial charge in [-0.15, -0.1) is 0 Å². The number of hydrogen-bond acceptors (Lipinski definition) is 4. The van der Waals surface area contributed by atoms with Gasteiger partial charge in [-0.2, -0.15) is 0 Å². The summed E-state index contributed by atoms with van der Waals surface area (Å²) in [4.78, 5) is 6.79. The summed E-state index contributed by atoms with van der Waals surface area (Å²) < 4.78 is 0. The zero-order valence-electron chi connectivity index (χ0n) is 13.1. The van der Waals surface area contributed by atoms with Gasteiger partial charge in [0.1, 0.15) is 5.75 Å². The first-order valence-corrected chi connectivity index (χ1v) is 8.02. The van der Waals surface area contributed by atoms with Gasteiger partial charge in [-0.25, -0.2) is 0 Å². The van der Waals surface area contributed by atoms with Crippen molar-refractivity contribution in [3.63, 3.8) is 0 Å². The van der Waals surface area contributed by atoms with Crippen molar-refractivity contribution in [3.8, 4) is 5.75 Å². The van der Waals surface area contributed by atoms with Gasteiger partial charge in [-0.3, -0.25) is 4.99 Å². The van der Waals surface area contributed by atoms with Crippen LogP contribution in [-0.4, -0.2) is 36.5 Å². The number of phenols is 1. The molecule has 1 aliphatic carbocycles. The molecule has 2 atom stereocenters. The number of nitrogens with zero attached hydrogens (tertiary/aromatic N) is 2. The fraction of sp³-hybridized carbons (Fsp3) is 0.588. The number of nitrogens with two attached hydrogens (primary N) is 1. The molecule has 116 valence electrons. The lowest BCUT2D eigenvalue weighted by atomic mass is 9.91. The molecule has 0 bridgehead atoms. The van der Waals surface area contributed by atoms with Crippen LogP contribution in [0.2, 0.25) is 0 Å². The molecule has 0 heterocycles. The highest BCUT2D eigenvalue weighted by Gasteiger charge is 2.20. The summed E-state index contributed by atoms with van der Waals surface area (Å²) in [5, 5.41) is 10.2. The molecule has 0 radical (unpaired) electrons. The number of phenolic OH excluding ortho intramolecular Hbond substituents is 1. The standard InChI is InChI=1S/C17H27N3O/c1-3-20(4-2)14-10-9-13(17(21)11-14)12-19-16-8-6-5-7-15(16)18/h9-12,15-16,21H,3-8,18H2,1-2H3/t15?,16-/m0/s1. The molecule has 0 aliphatic heterocycles. The summed E-state index contributed by atoms with van der Waals surface area (Å²) in [6.07, 6.45) is 6.28. The van der Waals surface area contributed by atoms with Gasteiger partial charge in [0, 0.05) is 42.7 Å². The Balaban J connectivity index is 2.10. The van der Waals surface area contributed by atoms with Gasteiger partial charge in [-0.05, 0) is 38.8 Å². The molecule has 0 spiro atoms. The topological polar surface area (TPSA) is 61.8 Å². The van der Waals surface area contributed by atoms with Crippen LogP contribution in [0.4, 0.5) is 5.69 Å². The molecule has 4 heteroatoms. The Morgan fingerprint density at radius 1 is 1.29 bits per heavy atom. The van der Waals surface area contributed by atoms with Gasteiger partial charge in [0.05, 0.1) is 6.04 Å². The Bertz CT molecular complexity index is 483. The first-order chi connectivity index (χ1) is 10.2. The van der Waals surface area contributed by atoms with E-state index < -0.39 is 0 Å². The monoisotopic (exact) mass is 289 g/mol. The van der Waals surface area contributed by atoms with E-state index >= 15 is 0 Å². The highest BCUT2D eigenvalue weighted by molar-refractivity contribution is 5.84. The van der Waals surface area contributed by atoms with Gasteiger partial charge in [0.25, 0.3) is 0 Å². The molecule has 4 nitrogen and oxygen atoms in total. The maximum atomic E-state index is 10.2. The van der Waals surface area contributed by atoms with Crippen LogP contribution >= 0.6 is 0 Å². The van der Waals surface area contributed by atoms with Crippen LogP contribution in [0, 0.1) is 0 Å². The molecule has 1 aromatic carbocycles. The Kier molecular flexibility index (Phi) is 5.62. The van der Waals surface area contributed by atoms with Crippen molar-refractivity contribution in [2.24, 2.45) is 10.7 Å². The molecule has 21 heavy (non-hydrogen) atoms. The lowest BCUT2D eigenvalue weighted by Gasteiger charge is -2.25. The Hall–Kier alpha value is -1.55. The van der Waals surface area contributed by atoms with E-state index in [0.29, 0.717) is 0 Å². The van der Waals surface area contributed by atoms with Gasteiger partial charge < -0.3 is 15.7 Å². The predicted octanol–water partition coefficient (Wildman–Crippen LogP) is 2.93. The van der Waals surface area contributed by atoms with Gasteiger partial charge in [0.2, 0.25) is 0 Å². The number of aromatic hydroxyl groups is 1. The Morgan fingerprint density at radius 3 is 2.62 bits per heavy atom. The predicted molar refractivity (Wildman–Crippen MR) is 89.5 cm³/mol. The number of benzene rings is 1. The van der Waals surface area contributed by atoms with Crippen LogP contribution in [0.1, 0.15) is 45.1 Å². The molecule has 1 aromatic rings. The second kappa shape index (κ2) is 7.46. The van der Waals surface area contributed by atoms with Gasteiger partial charge in [-0.1, -0.05) is 12.8 Å². The molecule has 1 fully saturated rings. The summed E-state index contributed by atoms with van der Waals surface area (Å²) in [6, 6.07) is 6.14. The third-order valence-corrected chi connectivity index (χ3v) is 4.33. The SMILES string of the molecule is CCN(CC)c1ccc(C=N[C@H]2CCCCC2N)c(O)c1. The molecule has 3 N–H and O–H groups in total. The average molecular weight is 289 g/mol. The zero-order chi connectivity index (χ0) is 15.2. The van der Waals surface area contributed by atoms with Crippen molar-refractivity contribution in [2.75, 3.05) is 18.0 Å².